The highest BCUT2D eigenvalue weighted by molar-refractivity contribution is 6.05. The molecule has 150 valence electrons. The van der Waals surface area contributed by atoms with Gasteiger partial charge in [0.1, 0.15) is 6.54 Å². The number of anilines is 3. The molecule has 29 heavy (non-hydrogen) atoms. The topological polar surface area (TPSA) is 115 Å². The van der Waals surface area contributed by atoms with Crippen LogP contribution >= 0.6 is 0 Å². The number of carbonyl (C=O) groups is 2. The number of benzene rings is 2. The minimum absolute atomic E-state index is 0.0240. The molecular formula is C21H24N6O2. The van der Waals surface area contributed by atoms with Crippen LogP contribution in [-0.2, 0) is 17.8 Å². The fourth-order valence-electron chi connectivity index (χ4n) is 2.81. The summed E-state index contributed by atoms with van der Waals surface area (Å²) in [6, 6.07) is 13.3. The maximum atomic E-state index is 12.5. The Labute approximate surface area is 169 Å². The second-order valence-corrected chi connectivity index (χ2v) is 6.85. The Kier molecular flexibility index (Phi) is 5.92. The summed E-state index contributed by atoms with van der Waals surface area (Å²) < 4.78 is 1.20. The van der Waals surface area contributed by atoms with Crippen molar-refractivity contribution < 1.29 is 9.59 Å². The van der Waals surface area contributed by atoms with Crippen LogP contribution in [0.25, 0.3) is 0 Å². The summed E-state index contributed by atoms with van der Waals surface area (Å²) in [4.78, 5) is 24.8. The van der Waals surface area contributed by atoms with E-state index in [0.717, 1.165) is 23.2 Å². The number of nitrogens with zero attached hydrogens (tertiary/aromatic N) is 3. The number of nitrogen functional groups attached to an aromatic ring is 1. The van der Waals surface area contributed by atoms with Gasteiger partial charge in [0.2, 0.25) is 5.91 Å². The van der Waals surface area contributed by atoms with Gasteiger partial charge in [-0.3, -0.25) is 9.59 Å². The van der Waals surface area contributed by atoms with Crippen LogP contribution in [0.1, 0.15) is 34.1 Å². The first-order valence-corrected chi connectivity index (χ1v) is 9.33. The number of aromatic nitrogens is 3. The molecule has 4 N–H and O–H groups in total. The zero-order chi connectivity index (χ0) is 21.0. The number of rotatable bonds is 6. The fourth-order valence-corrected chi connectivity index (χ4v) is 2.81. The minimum Gasteiger partial charge on any atom is -0.382 e. The quantitative estimate of drug-likeness (QED) is 0.597. The zero-order valence-electron chi connectivity index (χ0n) is 16.7. The summed E-state index contributed by atoms with van der Waals surface area (Å²) >= 11 is 0. The molecule has 8 nitrogen and oxygen atoms in total. The molecule has 2 aromatic carbocycles. The number of carbonyl (C=O) groups excluding carboxylic acids is 2. The highest BCUT2D eigenvalue weighted by Gasteiger charge is 2.19. The number of hydrogen-bond donors (Lipinski definition) is 3. The Morgan fingerprint density at radius 2 is 1.79 bits per heavy atom. The molecule has 3 aromatic rings. The van der Waals surface area contributed by atoms with Crippen LogP contribution in [0.15, 0.2) is 42.5 Å². The second-order valence-electron chi connectivity index (χ2n) is 6.85. The number of aryl methyl sites for hydroxylation is 3. The van der Waals surface area contributed by atoms with Gasteiger partial charge in [0, 0.05) is 11.4 Å². The molecule has 0 fully saturated rings. The van der Waals surface area contributed by atoms with Crippen LogP contribution in [-0.4, -0.2) is 26.8 Å². The third-order valence-corrected chi connectivity index (χ3v) is 4.57. The lowest BCUT2D eigenvalue weighted by Gasteiger charge is -2.10. The summed E-state index contributed by atoms with van der Waals surface area (Å²) in [5, 5.41) is 13.2. The van der Waals surface area contributed by atoms with E-state index in [9.17, 15) is 9.59 Å². The molecular weight excluding hydrogens is 368 g/mol. The minimum atomic E-state index is -0.479. The summed E-state index contributed by atoms with van der Waals surface area (Å²) in [6.45, 7) is 5.77. The largest absolute Gasteiger partial charge is 0.382 e. The Morgan fingerprint density at radius 3 is 2.48 bits per heavy atom. The van der Waals surface area contributed by atoms with E-state index in [1.165, 1.54) is 10.2 Å². The van der Waals surface area contributed by atoms with Gasteiger partial charge in [-0.25, -0.2) is 4.68 Å². The number of hydrogen-bond acceptors (Lipinski definition) is 5. The lowest BCUT2D eigenvalue weighted by Crippen LogP contribution is -2.22. The number of amides is 2. The average Bonchev–Trinajstić information content (AvgIpc) is 3.05. The Bertz CT molecular complexity index is 1040. The van der Waals surface area contributed by atoms with Gasteiger partial charge in [-0.05, 0) is 55.2 Å². The molecule has 0 aliphatic carbocycles. The van der Waals surface area contributed by atoms with Crippen molar-refractivity contribution in [3.05, 3.63) is 64.8 Å². The van der Waals surface area contributed by atoms with E-state index in [1.54, 1.807) is 0 Å². The second kappa shape index (κ2) is 8.55. The van der Waals surface area contributed by atoms with E-state index >= 15 is 0 Å². The van der Waals surface area contributed by atoms with Crippen LogP contribution in [0.5, 0.6) is 0 Å². The maximum absolute atomic E-state index is 12.5. The summed E-state index contributed by atoms with van der Waals surface area (Å²) in [5.41, 5.74) is 10.5. The summed E-state index contributed by atoms with van der Waals surface area (Å²) in [5.74, 6) is -0.755. The van der Waals surface area contributed by atoms with Crippen molar-refractivity contribution in [1.82, 2.24) is 15.0 Å². The molecule has 0 spiro atoms. The Hall–Kier alpha value is -3.68. The molecule has 0 bridgehead atoms. The Morgan fingerprint density at radius 1 is 1.07 bits per heavy atom. The predicted molar refractivity (Wildman–Crippen MR) is 113 cm³/mol. The average molecular weight is 392 g/mol. The van der Waals surface area contributed by atoms with E-state index in [4.69, 9.17) is 5.73 Å². The maximum Gasteiger partial charge on any atom is 0.280 e. The molecule has 2 amide bonds. The van der Waals surface area contributed by atoms with E-state index in [2.05, 4.69) is 27.9 Å². The third-order valence-electron chi connectivity index (χ3n) is 4.57. The molecule has 0 aliphatic rings. The van der Waals surface area contributed by atoms with Gasteiger partial charge in [-0.1, -0.05) is 36.4 Å². The molecule has 8 heteroatoms. The highest BCUT2D eigenvalue weighted by atomic mass is 16.2. The van der Waals surface area contributed by atoms with E-state index in [-0.39, 0.29) is 24.0 Å². The van der Waals surface area contributed by atoms with Gasteiger partial charge >= 0.3 is 0 Å². The van der Waals surface area contributed by atoms with Gasteiger partial charge in [0.15, 0.2) is 11.5 Å². The molecule has 0 atom stereocenters. The van der Waals surface area contributed by atoms with Gasteiger partial charge in [0.25, 0.3) is 5.91 Å². The van der Waals surface area contributed by atoms with Crippen LogP contribution in [0, 0.1) is 13.8 Å². The monoisotopic (exact) mass is 392 g/mol. The SMILES string of the molecule is CCc1ccc(NC(=O)c2nnn(CC(=O)Nc3cc(C)ccc3C)c2N)cc1. The molecule has 0 saturated heterocycles. The number of nitrogens with one attached hydrogen (secondary N) is 2. The van der Waals surface area contributed by atoms with Crippen molar-refractivity contribution in [2.24, 2.45) is 0 Å². The molecule has 3 rings (SSSR count). The zero-order valence-corrected chi connectivity index (χ0v) is 16.7. The normalized spacial score (nSPS) is 10.6. The van der Waals surface area contributed by atoms with Crippen LogP contribution in [0.4, 0.5) is 17.2 Å². The molecule has 0 unspecified atom stereocenters. The van der Waals surface area contributed by atoms with E-state index in [1.807, 2.05) is 56.3 Å². The Balaban J connectivity index is 1.67. The van der Waals surface area contributed by atoms with Gasteiger partial charge in [0.05, 0.1) is 0 Å². The molecule has 0 aliphatic heterocycles. The fraction of sp³-hybridized carbons (Fsp3) is 0.238. The summed E-state index contributed by atoms with van der Waals surface area (Å²) in [6.07, 6.45) is 0.916. The standard InChI is InChI=1S/C21H24N6O2/c1-4-15-7-9-16(10-8-15)23-21(29)19-20(22)27(26-25-19)12-18(28)24-17-11-13(2)5-6-14(17)3/h5-11H,4,12,22H2,1-3H3,(H,23,29)(H,24,28). The lowest BCUT2D eigenvalue weighted by molar-refractivity contribution is -0.116. The highest BCUT2D eigenvalue weighted by Crippen LogP contribution is 2.17. The first-order valence-electron chi connectivity index (χ1n) is 9.33. The van der Waals surface area contributed by atoms with Crippen molar-refractivity contribution in [1.29, 1.82) is 0 Å². The first-order chi connectivity index (χ1) is 13.9. The number of nitrogens with two attached hydrogens (primary N) is 1. The van der Waals surface area contributed by atoms with E-state index < -0.39 is 5.91 Å². The third kappa shape index (κ3) is 4.78. The van der Waals surface area contributed by atoms with Crippen LogP contribution in [0.3, 0.4) is 0 Å². The van der Waals surface area contributed by atoms with E-state index in [0.29, 0.717) is 5.69 Å². The lowest BCUT2D eigenvalue weighted by atomic mass is 10.1. The van der Waals surface area contributed by atoms with Gasteiger partial charge < -0.3 is 16.4 Å². The van der Waals surface area contributed by atoms with Gasteiger partial charge in [-0.2, -0.15) is 0 Å². The van der Waals surface area contributed by atoms with Crippen molar-refractivity contribution in [2.75, 3.05) is 16.4 Å². The van der Waals surface area contributed by atoms with Gasteiger partial charge in [-0.15, -0.1) is 5.10 Å². The van der Waals surface area contributed by atoms with Crippen molar-refractivity contribution in [3.8, 4) is 0 Å². The molecule has 0 radical (unpaired) electrons. The molecule has 1 heterocycles. The van der Waals surface area contributed by atoms with Crippen molar-refractivity contribution in [3.63, 3.8) is 0 Å². The first kappa shape index (κ1) is 20.1. The van der Waals surface area contributed by atoms with Crippen molar-refractivity contribution >= 4 is 29.0 Å². The smallest absolute Gasteiger partial charge is 0.280 e. The van der Waals surface area contributed by atoms with Crippen LogP contribution < -0.4 is 16.4 Å². The summed E-state index contributed by atoms with van der Waals surface area (Å²) in [7, 11) is 0. The molecule has 0 saturated carbocycles. The molecule has 1 aromatic heterocycles. The predicted octanol–water partition coefficient (Wildman–Crippen LogP) is 2.93. The van der Waals surface area contributed by atoms with Crippen LogP contribution in [0.2, 0.25) is 0 Å². The van der Waals surface area contributed by atoms with Crippen molar-refractivity contribution in [2.45, 2.75) is 33.7 Å².